The van der Waals surface area contributed by atoms with E-state index in [-0.39, 0.29) is 6.17 Å². The molecule has 0 amide bonds. The first-order valence-corrected chi connectivity index (χ1v) is 16.9. The summed E-state index contributed by atoms with van der Waals surface area (Å²) in [4.78, 5) is 10.4. The number of hydrogen-bond donors (Lipinski definition) is 1. The Bertz CT molecular complexity index is 2770. The van der Waals surface area contributed by atoms with E-state index in [0.29, 0.717) is 0 Å². The van der Waals surface area contributed by atoms with E-state index in [0.717, 1.165) is 72.2 Å². The Hall–Kier alpha value is -6.04. The fourth-order valence-electron chi connectivity index (χ4n) is 7.13. The van der Waals surface area contributed by atoms with Gasteiger partial charge in [-0.15, -0.1) is 11.3 Å². The van der Waals surface area contributed by atoms with Crippen LogP contribution in [0.4, 0.5) is 0 Å². The van der Waals surface area contributed by atoms with Crippen LogP contribution in [-0.2, 0) is 0 Å². The molecule has 1 aliphatic heterocycles. The van der Waals surface area contributed by atoms with Crippen LogP contribution in [0.2, 0.25) is 0 Å². The Morgan fingerprint density at radius 3 is 2.08 bits per heavy atom. The molecular weight excluding hydrogens is 607 g/mol. The van der Waals surface area contributed by atoms with E-state index in [2.05, 4.69) is 139 Å². The number of aliphatic imine (C=N–C) groups is 2. The molecule has 4 nitrogen and oxygen atoms in total. The van der Waals surface area contributed by atoms with Crippen molar-refractivity contribution >= 4 is 75.9 Å². The maximum absolute atomic E-state index is 6.26. The predicted octanol–water partition coefficient (Wildman–Crippen LogP) is 11.3. The van der Waals surface area contributed by atoms with Gasteiger partial charge in [-0.25, -0.2) is 9.98 Å². The molecule has 1 atom stereocenters. The number of para-hydroxylation sites is 1. The van der Waals surface area contributed by atoms with Crippen molar-refractivity contribution < 1.29 is 4.42 Å². The molecule has 3 heterocycles. The van der Waals surface area contributed by atoms with Gasteiger partial charge in [-0.1, -0.05) is 115 Å². The third-order valence-electron chi connectivity index (χ3n) is 9.36. The fraction of sp³-hybridized carbons (Fsp3) is 0.0233. The minimum atomic E-state index is -0.284. The topological polar surface area (TPSA) is 49.9 Å². The molecule has 1 aliphatic rings. The summed E-state index contributed by atoms with van der Waals surface area (Å²) < 4.78 is 8.81. The molecular formula is C43H27N3OS. The first-order valence-electron chi connectivity index (χ1n) is 16.1. The van der Waals surface area contributed by atoms with E-state index in [1.807, 2.05) is 29.5 Å². The minimum absolute atomic E-state index is 0.284. The minimum Gasteiger partial charge on any atom is -0.456 e. The Kier molecular flexibility index (Phi) is 6.08. The van der Waals surface area contributed by atoms with Crippen LogP contribution in [0.5, 0.6) is 0 Å². The molecule has 0 spiro atoms. The van der Waals surface area contributed by atoms with E-state index in [9.17, 15) is 0 Å². The van der Waals surface area contributed by atoms with Crippen molar-refractivity contribution in [2.75, 3.05) is 0 Å². The molecule has 0 saturated heterocycles. The van der Waals surface area contributed by atoms with E-state index in [1.165, 1.54) is 20.2 Å². The number of thiophene rings is 1. The Balaban J connectivity index is 1.16. The Labute approximate surface area is 280 Å². The highest BCUT2D eigenvalue weighted by Gasteiger charge is 2.24. The molecule has 0 radical (unpaired) electrons. The number of benzene rings is 7. The highest BCUT2D eigenvalue weighted by atomic mass is 32.1. The van der Waals surface area contributed by atoms with E-state index in [1.54, 1.807) is 0 Å². The lowest BCUT2D eigenvalue weighted by atomic mass is 9.92. The molecule has 5 heteroatoms. The summed E-state index contributed by atoms with van der Waals surface area (Å²) in [6.45, 7) is 0. The number of nitrogens with zero attached hydrogens (tertiary/aromatic N) is 2. The monoisotopic (exact) mass is 633 g/mol. The summed E-state index contributed by atoms with van der Waals surface area (Å²) >= 11 is 1.82. The maximum atomic E-state index is 6.26. The summed E-state index contributed by atoms with van der Waals surface area (Å²) in [5.41, 5.74) is 7.23. The van der Waals surface area contributed by atoms with Crippen LogP contribution in [0.3, 0.4) is 0 Å². The third kappa shape index (κ3) is 4.29. The maximum Gasteiger partial charge on any atom is 0.159 e. The number of amidine groups is 2. The lowest BCUT2D eigenvalue weighted by Crippen LogP contribution is -2.33. The van der Waals surface area contributed by atoms with E-state index >= 15 is 0 Å². The highest BCUT2D eigenvalue weighted by molar-refractivity contribution is 7.25. The first-order chi connectivity index (χ1) is 23.8. The van der Waals surface area contributed by atoms with Crippen LogP contribution in [0, 0.1) is 0 Å². The van der Waals surface area contributed by atoms with Gasteiger partial charge in [0.05, 0.1) is 0 Å². The molecule has 48 heavy (non-hydrogen) atoms. The van der Waals surface area contributed by atoms with Crippen LogP contribution in [0.15, 0.2) is 166 Å². The van der Waals surface area contributed by atoms with Crippen molar-refractivity contribution in [2.45, 2.75) is 6.17 Å². The van der Waals surface area contributed by atoms with Crippen molar-refractivity contribution in [1.29, 1.82) is 0 Å². The highest BCUT2D eigenvalue weighted by Crippen LogP contribution is 2.40. The molecule has 1 unspecified atom stereocenters. The van der Waals surface area contributed by atoms with Crippen molar-refractivity contribution in [3.05, 3.63) is 168 Å². The van der Waals surface area contributed by atoms with Crippen LogP contribution in [0.1, 0.15) is 22.9 Å². The summed E-state index contributed by atoms with van der Waals surface area (Å²) in [6, 6.07) is 53.2. The Morgan fingerprint density at radius 1 is 0.521 bits per heavy atom. The number of fused-ring (bicyclic) bond motifs is 7. The number of rotatable bonds is 4. The average molecular weight is 634 g/mol. The van der Waals surface area contributed by atoms with Gasteiger partial charge in [0, 0.05) is 42.1 Å². The van der Waals surface area contributed by atoms with Gasteiger partial charge in [0.15, 0.2) is 5.84 Å². The molecule has 226 valence electrons. The number of nitrogens with one attached hydrogen (secondary N) is 1. The smallest absolute Gasteiger partial charge is 0.159 e. The molecule has 0 saturated carbocycles. The molecule has 1 N–H and O–H groups in total. The van der Waals surface area contributed by atoms with Gasteiger partial charge in [0.25, 0.3) is 0 Å². The van der Waals surface area contributed by atoms with Crippen molar-refractivity contribution in [1.82, 2.24) is 5.32 Å². The van der Waals surface area contributed by atoms with Gasteiger partial charge in [0.1, 0.15) is 23.2 Å². The fourth-order valence-corrected chi connectivity index (χ4v) is 8.21. The zero-order valence-corrected chi connectivity index (χ0v) is 26.5. The molecule has 2 aromatic heterocycles. The average Bonchev–Trinajstić information content (AvgIpc) is 3.73. The zero-order valence-electron chi connectivity index (χ0n) is 25.7. The van der Waals surface area contributed by atoms with E-state index < -0.39 is 0 Å². The molecule has 9 aromatic rings. The SMILES string of the molecule is c1ccc(C2N=C(c3ccc4sc5ccccc5c4c3)N=C(c3ccc(-c4cccc5oc6ccccc6c45)c4ccccc34)N2)cc1. The molecule has 0 aliphatic carbocycles. The van der Waals surface area contributed by atoms with Gasteiger partial charge in [-0.2, -0.15) is 0 Å². The Morgan fingerprint density at radius 2 is 1.21 bits per heavy atom. The quantitative estimate of drug-likeness (QED) is 0.210. The second-order valence-electron chi connectivity index (χ2n) is 12.2. The molecule has 0 fully saturated rings. The van der Waals surface area contributed by atoms with Crippen LogP contribution in [0.25, 0.3) is 64.0 Å². The van der Waals surface area contributed by atoms with Gasteiger partial charge in [-0.05, 0) is 63.9 Å². The lowest BCUT2D eigenvalue weighted by molar-refractivity contribution is 0.669. The summed E-state index contributed by atoms with van der Waals surface area (Å²) in [5.74, 6) is 1.52. The largest absolute Gasteiger partial charge is 0.456 e. The second-order valence-corrected chi connectivity index (χ2v) is 13.2. The molecule has 10 rings (SSSR count). The second kappa shape index (κ2) is 10.8. The summed E-state index contributed by atoms with van der Waals surface area (Å²) in [7, 11) is 0. The summed E-state index contributed by atoms with van der Waals surface area (Å²) in [5, 5.41) is 10.7. The summed E-state index contributed by atoms with van der Waals surface area (Å²) in [6.07, 6.45) is -0.284. The number of furan rings is 1. The van der Waals surface area contributed by atoms with Crippen molar-refractivity contribution in [3.8, 4) is 11.1 Å². The van der Waals surface area contributed by atoms with Crippen LogP contribution in [-0.4, -0.2) is 11.7 Å². The standard InChI is InChI=1S/C43H27N3OS/c1-2-11-26(12-3-1)41-44-42(27-21-24-39-35(25-27)31-15-7-9-20-38(31)48-39)46-43(45-41)33-23-22-30(28-13-4-5-14-29(28)33)32-17-10-19-37-40(32)34-16-6-8-18-36(34)47-37/h1-25,41H,(H,44,45,46). The number of hydrogen-bond acceptors (Lipinski definition) is 5. The van der Waals surface area contributed by atoms with Crippen molar-refractivity contribution in [3.63, 3.8) is 0 Å². The third-order valence-corrected chi connectivity index (χ3v) is 10.5. The first kappa shape index (κ1) is 27.1. The van der Waals surface area contributed by atoms with Gasteiger partial charge in [0.2, 0.25) is 0 Å². The molecule has 0 bridgehead atoms. The normalized spacial score (nSPS) is 14.9. The van der Waals surface area contributed by atoms with Crippen LogP contribution < -0.4 is 5.32 Å². The van der Waals surface area contributed by atoms with Gasteiger partial charge >= 0.3 is 0 Å². The van der Waals surface area contributed by atoms with Crippen LogP contribution >= 0.6 is 11.3 Å². The zero-order chi connectivity index (χ0) is 31.6. The van der Waals surface area contributed by atoms with Gasteiger partial charge in [-0.3, -0.25) is 0 Å². The van der Waals surface area contributed by atoms with E-state index in [4.69, 9.17) is 14.4 Å². The van der Waals surface area contributed by atoms with Crippen molar-refractivity contribution in [2.24, 2.45) is 9.98 Å². The molecule has 7 aromatic carbocycles. The lowest BCUT2D eigenvalue weighted by Gasteiger charge is -2.24. The predicted molar refractivity (Wildman–Crippen MR) is 201 cm³/mol. The van der Waals surface area contributed by atoms with Gasteiger partial charge < -0.3 is 9.73 Å².